The van der Waals surface area contributed by atoms with Crippen LogP contribution in [0.2, 0.25) is 0 Å². The average Bonchev–Trinajstić information content (AvgIpc) is 2.91. The molecule has 0 radical (unpaired) electrons. The standard InChI is InChI=1S/C16H23N5O/c1-12-18-15(21(19-12)16(2,3)4)13-5-6-14(17-11-13)20-7-9-22-10-8-20/h5-6,11H,7-10H2,1-4H3. The first-order valence-electron chi connectivity index (χ1n) is 7.68. The highest BCUT2D eigenvalue weighted by atomic mass is 16.5. The maximum Gasteiger partial charge on any atom is 0.160 e. The van der Waals surface area contributed by atoms with Gasteiger partial charge in [0.1, 0.15) is 11.6 Å². The third kappa shape index (κ3) is 2.97. The van der Waals surface area contributed by atoms with E-state index in [0.29, 0.717) is 0 Å². The van der Waals surface area contributed by atoms with Crippen molar-refractivity contribution in [1.82, 2.24) is 19.7 Å². The summed E-state index contributed by atoms with van der Waals surface area (Å²) in [7, 11) is 0. The number of rotatable bonds is 2. The number of nitrogens with zero attached hydrogens (tertiary/aromatic N) is 5. The lowest BCUT2D eigenvalue weighted by Gasteiger charge is -2.27. The highest BCUT2D eigenvalue weighted by molar-refractivity contribution is 5.57. The molecule has 0 aromatic carbocycles. The quantitative estimate of drug-likeness (QED) is 0.851. The van der Waals surface area contributed by atoms with Gasteiger partial charge in [0.15, 0.2) is 5.82 Å². The molecule has 0 atom stereocenters. The fourth-order valence-electron chi connectivity index (χ4n) is 2.57. The van der Waals surface area contributed by atoms with E-state index in [2.05, 4.69) is 52.9 Å². The molecule has 118 valence electrons. The Kier molecular flexibility index (Phi) is 3.87. The van der Waals surface area contributed by atoms with Crippen molar-refractivity contribution in [3.63, 3.8) is 0 Å². The molecule has 0 amide bonds. The molecule has 1 saturated heterocycles. The van der Waals surface area contributed by atoms with Gasteiger partial charge in [-0.3, -0.25) is 0 Å². The molecule has 22 heavy (non-hydrogen) atoms. The van der Waals surface area contributed by atoms with Crippen molar-refractivity contribution >= 4 is 5.82 Å². The largest absolute Gasteiger partial charge is 0.378 e. The predicted molar refractivity (Wildman–Crippen MR) is 86.0 cm³/mol. The molecule has 1 aliphatic rings. The summed E-state index contributed by atoms with van der Waals surface area (Å²) >= 11 is 0. The number of ether oxygens (including phenoxy) is 1. The van der Waals surface area contributed by atoms with E-state index in [1.165, 1.54) is 0 Å². The SMILES string of the molecule is Cc1nc(-c2ccc(N3CCOCC3)nc2)n(C(C)(C)C)n1. The Morgan fingerprint density at radius 1 is 1.14 bits per heavy atom. The molecule has 0 bridgehead atoms. The first-order valence-corrected chi connectivity index (χ1v) is 7.68. The van der Waals surface area contributed by atoms with Crippen LogP contribution in [0.4, 0.5) is 5.82 Å². The highest BCUT2D eigenvalue weighted by Crippen LogP contribution is 2.25. The van der Waals surface area contributed by atoms with Crippen molar-refractivity contribution in [2.75, 3.05) is 31.2 Å². The van der Waals surface area contributed by atoms with Gasteiger partial charge >= 0.3 is 0 Å². The second-order valence-electron chi connectivity index (χ2n) is 6.57. The third-order valence-electron chi connectivity index (χ3n) is 3.69. The fraction of sp³-hybridized carbons (Fsp3) is 0.562. The van der Waals surface area contributed by atoms with Crippen molar-refractivity contribution in [2.45, 2.75) is 33.2 Å². The van der Waals surface area contributed by atoms with E-state index in [0.717, 1.165) is 49.3 Å². The summed E-state index contributed by atoms with van der Waals surface area (Å²) in [6, 6.07) is 4.13. The molecule has 1 aliphatic heterocycles. The second-order valence-corrected chi connectivity index (χ2v) is 6.57. The summed E-state index contributed by atoms with van der Waals surface area (Å²) in [5.41, 5.74) is 0.881. The van der Waals surface area contributed by atoms with Gasteiger partial charge in [-0.2, -0.15) is 5.10 Å². The zero-order chi connectivity index (χ0) is 15.7. The number of morpholine rings is 1. The van der Waals surface area contributed by atoms with Crippen LogP contribution in [0.15, 0.2) is 18.3 Å². The molecule has 0 saturated carbocycles. The summed E-state index contributed by atoms with van der Waals surface area (Å²) in [5, 5.41) is 4.52. The van der Waals surface area contributed by atoms with Crippen LogP contribution in [-0.4, -0.2) is 46.1 Å². The van der Waals surface area contributed by atoms with E-state index in [1.807, 2.05) is 17.8 Å². The van der Waals surface area contributed by atoms with Gasteiger partial charge in [0.2, 0.25) is 0 Å². The highest BCUT2D eigenvalue weighted by Gasteiger charge is 2.21. The molecule has 1 fully saturated rings. The van der Waals surface area contributed by atoms with Gasteiger partial charge in [-0.25, -0.2) is 14.6 Å². The summed E-state index contributed by atoms with van der Waals surface area (Å²) in [6.45, 7) is 11.6. The first-order chi connectivity index (χ1) is 10.4. The monoisotopic (exact) mass is 301 g/mol. The molecule has 2 aromatic heterocycles. The van der Waals surface area contributed by atoms with Gasteiger partial charge in [-0.1, -0.05) is 0 Å². The van der Waals surface area contributed by atoms with Crippen LogP contribution < -0.4 is 4.90 Å². The normalized spacial score (nSPS) is 16.1. The maximum absolute atomic E-state index is 5.38. The number of pyridine rings is 1. The zero-order valence-electron chi connectivity index (χ0n) is 13.7. The van der Waals surface area contributed by atoms with E-state index in [1.54, 1.807) is 0 Å². The van der Waals surface area contributed by atoms with Gasteiger partial charge in [0.05, 0.1) is 18.8 Å². The molecule has 2 aromatic rings. The van der Waals surface area contributed by atoms with Crippen LogP contribution in [0.1, 0.15) is 26.6 Å². The molecule has 0 N–H and O–H groups in total. The number of hydrogen-bond acceptors (Lipinski definition) is 5. The molecule has 6 nitrogen and oxygen atoms in total. The predicted octanol–water partition coefficient (Wildman–Crippen LogP) is 2.24. The Morgan fingerprint density at radius 3 is 2.45 bits per heavy atom. The van der Waals surface area contributed by atoms with Crippen LogP contribution >= 0.6 is 0 Å². The van der Waals surface area contributed by atoms with E-state index in [4.69, 9.17) is 4.74 Å². The number of hydrogen-bond donors (Lipinski definition) is 0. The van der Waals surface area contributed by atoms with Crippen molar-refractivity contribution in [3.8, 4) is 11.4 Å². The van der Waals surface area contributed by atoms with E-state index in [9.17, 15) is 0 Å². The van der Waals surface area contributed by atoms with Crippen LogP contribution in [0.5, 0.6) is 0 Å². The molecular formula is C16H23N5O. The van der Waals surface area contributed by atoms with Gasteiger partial charge in [0, 0.05) is 24.8 Å². The summed E-state index contributed by atoms with van der Waals surface area (Å²) in [6.07, 6.45) is 1.89. The van der Waals surface area contributed by atoms with Crippen molar-refractivity contribution in [2.24, 2.45) is 0 Å². The molecule has 0 aliphatic carbocycles. The molecule has 3 rings (SSSR count). The Hall–Kier alpha value is -1.95. The lowest BCUT2D eigenvalue weighted by Crippen LogP contribution is -2.36. The topological polar surface area (TPSA) is 56.1 Å². The zero-order valence-corrected chi connectivity index (χ0v) is 13.7. The van der Waals surface area contributed by atoms with Crippen LogP contribution in [-0.2, 0) is 10.3 Å². The smallest absolute Gasteiger partial charge is 0.160 e. The van der Waals surface area contributed by atoms with Gasteiger partial charge in [0.25, 0.3) is 0 Å². The average molecular weight is 301 g/mol. The number of anilines is 1. The molecule has 0 spiro atoms. The Bertz CT molecular complexity index is 636. The summed E-state index contributed by atoms with van der Waals surface area (Å²) in [4.78, 5) is 11.4. The molecular weight excluding hydrogens is 278 g/mol. The van der Waals surface area contributed by atoms with E-state index < -0.39 is 0 Å². The number of aromatic nitrogens is 4. The summed E-state index contributed by atoms with van der Waals surface area (Å²) < 4.78 is 7.35. The minimum absolute atomic E-state index is 0.112. The van der Waals surface area contributed by atoms with E-state index in [-0.39, 0.29) is 5.54 Å². The van der Waals surface area contributed by atoms with Crippen molar-refractivity contribution in [1.29, 1.82) is 0 Å². The van der Waals surface area contributed by atoms with Crippen LogP contribution in [0.25, 0.3) is 11.4 Å². The fourth-order valence-corrected chi connectivity index (χ4v) is 2.57. The third-order valence-corrected chi connectivity index (χ3v) is 3.69. The van der Waals surface area contributed by atoms with Crippen LogP contribution in [0.3, 0.4) is 0 Å². The molecule has 3 heterocycles. The molecule has 0 unspecified atom stereocenters. The van der Waals surface area contributed by atoms with Crippen molar-refractivity contribution in [3.05, 3.63) is 24.2 Å². The Balaban J connectivity index is 1.90. The van der Waals surface area contributed by atoms with Crippen molar-refractivity contribution < 1.29 is 4.74 Å². The van der Waals surface area contributed by atoms with Crippen LogP contribution in [0, 0.1) is 6.92 Å². The minimum atomic E-state index is -0.112. The Morgan fingerprint density at radius 2 is 1.86 bits per heavy atom. The first kappa shape index (κ1) is 15.0. The Labute approximate surface area is 131 Å². The maximum atomic E-state index is 5.38. The lowest BCUT2D eigenvalue weighted by molar-refractivity contribution is 0.122. The van der Waals surface area contributed by atoms with E-state index >= 15 is 0 Å². The molecule has 6 heteroatoms. The minimum Gasteiger partial charge on any atom is -0.378 e. The number of aryl methyl sites for hydroxylation is 1. The summed E-state index contributed by atoms with van der Waals surface area (Å²) in [5.74, 6) is 2.64. The second kappa shape index (κ2) is 5.68. The van der Waals surface area contributed by atoms with Gasteiger partial charge in [-0.05, 0) is 39.8 Å². The van der Waals surface area contributed by atoms with Gasteiger partial charge < -0.3 is 9.64 Å². The lowest BCUT2D eigenvalue weighted by atomic mass is 10.1. The van der Waals surface area contributed by atoms with Gasteiger partial charge in [-0.15, -0.1) is 0 Å².